The Morgan fingerprint density at radius 1 is 1.31 bits per heavy atom. The maximum atomic E-state index is 10.8. The van der Waals surface area contributed by atoms with E-state index >= 15 is 0 Å². The number of carbonyl (C=O) groups is 1. The average molecular weight is 183 g/mol. The van der Waals surface area contributed by atoms with Gasteiger partial charge in [0, 0.05) is 6.04 Å². The maximum Gasteiger partial charge on any atom is 0.306 e. The van der Waals surface area contributed by atoms with Crippen molar-refractivity contribution >= 4 is 5.97 Å². The third kappa shape index (κ3) is 1.85. The average Bonchev–Trinajstić information content (AvgIpc) is 2.17. The van der Waals surface area contributed by atoms with E-state index in [1.54, 1.807) is 0 Å². The van der Waals surface area contributed by atoms with E-state index in [1.807, 2.05) is 0 Å². The predicted molar refractivity (Wildman–Crippen MR) is 49.5 cm³/mol. The molecule has 0 aromatic rings. The van der Waals surface area contributed by atoms with E-state index in [9.17, 15) is 4.79 Å². The highest BCUT2D eigenvalue weighted by Gasteiger charge is 2.34. The van der Waals surface area contributed by atoms with Gasteiger partial charge in [0.25, 0.3) is 0 Å². The maximum absolute atomic E-state index is 10.8. The molecule has 1 saturated carbocycles. The Balaban J connectivity index is 1.95. The molecule has 2 fully saturated rings. The molecule has 3 heteroatoms. The second kappa shape index (κ2) is 3.66. The van der Waals surface area contributed by atoms with E-state index < -0.39 is 5.97 Å². The lowest BCUT2D eigenvalue weighted by molar-refractivity contribution is -0.143. The first-order valence-electron chi connectivity index (χ1n) is 5.23. The van der Waals surface area contributed by atoms with E-state index in [0.717, 1.165) is 25.8 Å². The summed E-state index contributed by atoms with van der Waals surface area (Å²) in [5, 5.41) is 12.4. The van der Waals surface area contributed by atoms with Crippen molar-refractivity contribution in [3.8, 4) is 0 Å². The second-order valence-corrected chi connectivity index (χ2v) is 4.31. The van der Waals surface area contributed by atoms with Crippen molar-refractivity contribution in [2.75, 3.05) is 6.54 Å². The zero-order chi connectivity index (χ0) is 9.26. The molecule has 1 aliphatic heterocycles. The fourth-order valence-electron chi connectivity index (χ4n) is 2.73. The monoisotopic (exact) mass is 183 g/mol. The standard InChI is InChI=1S/C10H17NO2/c12-10(13)8-3-4-9-7(6-8)2-1-5-11-9/h7-9,11H,1-6H2,(H,12,13). The van der Waals surface area contributed by atoms with Crippen LogP contribution in [0.2, 0.25) is 0 Å². The summed E-state index contributed by atoms with van der Waals surface area (Å²) in [6.45, 7) is 1.12. The van der Waals surface area contributed by atoms with Gasteiger partial charge in [-0.1, -0.05) is 0 Å². The Morgan fingerprint density at radius 3 is 2.92 bits per heavy atom. The third-order valence-corrected chi connectivity index (χ3v) is 3.49. The number of aliphatic carboxylic acids is 1. The van der Waals surface area contributed by atoms with Crippen LogP contribution in [0.4, 0.5) is 0 Å². The van der Waals surface area contributed by atoms with Crippen LogP contribution in [0.15, 0.2) is 0 Å². The molecule has 0 amide bonds. The van der Waals surface area contributed by atoms with Crippen molar-refractivity contribution in [1.82, 2.24) is 5.32 Å². The van der Waals surface area contributed by atoms with E-state index in [1.165, 1.54) is 12.8 Å². The molecule has 0 aromatic carbocycles. The van der Waals surface area contributed by atoms with Crippen LogP contribution in [0.25, 0.3) is 0 Å². The topological polar surface area (TPSA) is 49.3 Å². The Hall–Kier alpha value is -0.570. The van der Waals surface area contributed by atoms with Crippen LogP contribution < -0.4 is 5.32 Å². The highest BCUT2D eigenvalue weighted by Crippen LogP contribution is 2.34. The van der Waals surface area contributed by atoms with Gasteiger partial charge in [-0.25, -0.2) is 0 Å². The Morgan fingerprint density at radius 2 is 2.15 bits per heavy atom. The van der Waals surface area contributed by atoms with Crippen molar-refractivity contribution in [3.05, 3.63) is 0 Å². The normalized spacial score (nSPS) is 39.5. The predicted octanol–water partition coefficient (Wildman–Crippen LogP) is 1.24. The van der Waals surface area contributed by atoms with Gasteiger partial charge >= 0.3 is 5.97 Å². The van der Waals surface area contributed by atoms with E-state index in [2.05, 4.69) is 5.32 Å². The number of hydrogen-bond donors (Lipinski definition) is 2. The van der Waals surface area contributed by atoms with Crippen molar-refractivity contribution in [2.45, 2.75) is 38.1 Å². The highest BCUT2D eigenvalue weighted by atomic mass is 16.4. The number of nitrogens with one attached hydrogen (secondary N) is 1. The number of fused-ring (bicyclic) bond motifs is 1. The quantitative estimate of drug-likeness (QED) is 0.643. The van der Waals surface area contributed by atoms with Crippen molar-refractivity contribution in [3.63, 3.8) is 0 Å². The fraction of sp³-hybridized carbons (Fsp3) is 0.900. The van der Waals surface area contributed by atoms with Crippen LogP contribution in [0.1, 0.15) is 32.1 Å². The smallest absolute Gasteiger partial charge is 0.306 e. The lowest BCUT2D eigenvalue weighted by Crippen LogP contribution is -2.45. The molecule has 0 spiro atoms. The summed E-state index contributed by atoms with van der Waals surface area (Å²) in [6, 6.07) is 0.615. The minimum absolute atomic E-state index is 0.0684. The molecule has 1 saturated heterocycles. The minimum atomic E-state index is -0.593. The molecule has 0 radical (unpaired) electrons. The van der Waals surface area contributed by atoms with Crippen molar-refractivity contribution in [2.24, 2.45) is 11.8 Å². The van der Waals surface area contributed by atoms with Crippen LogP contribution >= 0.6 is 0 Å². The lowest BCUT2D eigenvalue weighted by atomic mass is 9.74. The van der Waals surface area contributed by atoms with Gasteiger partial charge in [-0.2, -0.15) is 0 Å². The Labute approximate surface area is 78.5 Å². The first-order chi connectivity index (χ1) is 6.27. The summed E-state index contributed by atoms with van der Waals surface area (Å²) in [7, 11) is 0. The number of carboxylic acid groups (broad SMARTS) is 1. The van der Waals surface area contributed by atoms with Crippen LogP contribution in [0, 0.1) is 11.8 Å². The molecular weight excluding hydrogens is 166 g/mol. The SMILES string of the molecule is O=C(O)C1CCC2NCCCC2C1. The highest BCUT2D eigenvalue weighted by molar-refractivity contribution is 5.70. The Kier molecular flexibility index (Phi) is 2.54. The van der Waals surface area contributed by atoms with Gasteiger partial charge in [0.1, 0.15) is 0 Å². The summed E-state index contributed by atoms with van der Waals surface area (Å²) in [4.78, 5) is 10.8. The molecule has 2 N–H and O–H groups in total. The van der Waals surface area contributed by atoms with Gasteiger partial charge in [-0.05, 0) is 44.6 Å². The molecule has 1 heterocycles. The number of piperidine rings is 1. The third-order valence-electron chi connectivity index (χ3n) is 3.49. The number of hydrogen-bond acceptors (Lipinski definition) is 2. The van der Waals surface area contributed by atoms with Gasteiger partial charge in [-0.3, -0.25) is 4.79 Å². The molecule has 1 aliphatic carbocycles. The molecule has 2 aliphatic rings. The van der Waals surface area contributed by atoms with Crippen LogP contribution in [0.3, 0.4) is 0 Å². The summed E-state index contributed by atoms with van der Waals surface area (Å²) in [5.74, 6) is -0.0335. The number of rotatable bonds is 1. The molecule has 0 aromatic heterocycles. The van der Waals surface area contributed by atoms with E-state index in [0.29, 0.717) is 12.0 Å². The summed E-state index contributed by atoms with van der Waals surface area (Å²) in [6.07, 6.45) is 5.26. The van der Waals surface area contributed by atoms with Gasteiger partial charge in [0.15, 0.2) is 0 Å². The van der Waals surface area contributed by atoms with E-state index in [-0.39, 0.29) is 5.92 Å². The van der Waals surface area contributed by atoms with Crippen molar-refractivity contribution < 1.29 is 9.90 Å². The number of carboxylic acids is 1. The van der Waals surface area contributed by atoms with E-state index in [4.69, 9.17) is 5.11 Å². The van der Waals surface area contributed by atoms with Crippen LogP contribution in [-0.2, 0) is 4.79 Å². The molecular formula is C10H17NO2. The van der Waals surface area contributed by atoms with Crippen LogP contribution in [-0.4, -0.2) is 23.7 Å². The summed E-state index contributed by atoms with van der Waals surface area (Å²) < 4.78 is 0. The van der Waals surface area contributed by atoms with Gasteiger partial charge in [0.05, 0.1) is 5.92 Å². The zero-order valence-electron chi connectivity index (χ0n) is 7.83. The van der Waals surface area contributed by atoms with Gasteiger partial charge in [0.2, 0.25) is 0 Å². The molecule has 3 atom stereocenters. The zero-order valence-corrected chi connectivity index (χ0v) is 7.83. The summed E-state index contributed by atoms with van der Waals surface area (Å²) in [5.41, 5.74) is 0. The lowest BCUT2D eigenvalue weighted by Gasteiger charge is -2.38. The summed E-state index contributed by atoms with van der Waals surface area (Å²) >= 11 is 0. The minimum Gasteiger partial charge on any atom is -0.481 e. The second-order valence-electron chi connectivity index (χ2n) is 4.31. The molecule has 3 nitrogen and oxygen atoms in total. The first-order valence-corrected chi connectivity index (χ1v) is 5.23. The Bertz CT molecular complexity index is 205. The molecule has 13 heavy (non-hydrogen) atoms. The molecule has 2 rings (SSSR count). The van der Waals surface area contributed by atoms with Gasteiger partial charge < -0.3 is 10.4 Å². The van der Waals surface area contributed by atoms with Crippen LogP contribution in [0.5, 0.6) is 0 Å². The van der Waals surface area contributed by atoms with Crippen molar-refractivity contribution in [1.29, 1.82) is 0 Å². The molecule has 74 valence electrons. The largest absolute Gasteiger partial charge is 0.481 e. The molecule has 3 unspecified atom stereocenters. The fourth-order valence-corrected chi connectivity index (χ4v) is 2.73. The van der Waals surface area contributed by atoms with Gasteiger partial charge in [-0.15, -0.1) is 0 Å². The first kappa shape index (κ1) is 9.00. The molecule has 0 bridgehead atoms.